The number of rotatable bonds is 8. The molecule has 2 amide bonds. The Labute approximate surface area is 154 Å². The van der Waals surface area contributed by atoms with E-state index in [0.29, 0.717) is 24.5 Å². The first-order chi connectivity index (χ1) is 12.5. The van der Waals surface area contributed by atoms with E-state index in [2.05, 4.69) is 15.6 Å². The molecule has 0 spiro atoms. The summed E-state index contributed by atoms with van der Waals surface area (Å²) < 4.78 is 5.37. The zero-order valence-corrected chi connectivity index (χ0v) is 15.4. The van der Waals surface area contributed by atoms with Gasteiger partial charge in [0.15, 0.2) is 0 Å². The minimum atomic E-state index is -0.615. The van der Waals surface area contributed by atoms with Crippen LogP contribution in [0, 0.1) is 5.92 Å². The Morgan fingerprint density at radius 3 is 2.31 bits per heavy atom. The quantitative estimate of drug-likeness (QED) is 0.763. The van der Waals surface area contributed by atoms with Crippen molar-refractivity contribution >= 4 is 11.8 Å². The van der Waals surface area contributed by atoms with Crippen molar-refractivity contribution in [3.05, 3.63) is 59.9 Å². The molecule has 0 aliphatic heterocycles. The molecule has 0 fully saturated rings. The van der Waals surface area contributed by atoms with Gasteiger partial charge in [-0.25, -0.2) is 0 Å². The predicted octanol–water partition coefficient (Wildman–Crippen LogP) is 2.55. The molecule has 1 aromatic carbocycles. The highest BCUT2D eigenvalue weighted by molar-refractivity contribution is 5.97. The fourth-order valence-electron chi connectivity index (χ4n) is 2.43. The molecule has 0 aliphatic rings. The molecule has 0 radical (unpaired) electrons. The number of benzene rings is 1. The Morgan fingerprint density at radius 2 is 1.73 bits per heavy atom. The minimum Gasteiger partial charge on any atom is -0.494 e. The van der Waals surface area contributed by atoms with E-state index in [-0.39, 0.29) is 17.7 Å². The first-order valence-electron chi connectivity index (χ1n) is 8.71. The molecule has 2 rings (SSSR count). The molecule has 0 saturated heterocycles. The van der Waals surface area contributed by atoms with E-state index in [4.69, 9.17) is 4.74 Å². The second-order valence-electron chi connectivity index (χ2n) is 6.23. The van der Waals surface area contributed by atoms with Crippen LogP contribution in [0.4, 0.5) is 0 Å². The minimum absolute atomic E-state index is 0.0425. The number of nitrogens with one attached hydrogen (secondary N) is 2. The number of aromatic nitrogens is 1. The normalized spacial score (nSPS) is 11.7. The highest BCUT2D eigenvalue weighted by Crippen LogP contribution is 2.13. The second-order valence-corrected chi connectivity index (χ2v) is 6.23. The predicted molar refractivity (Wildman–Crippen MR) is 99.8 cm³/mol. The molecular formula is C20H25N3O3. The van der Waals surface area contributed by atoms with Gasteiger partial charge in [0, 0.05) is 24.5 Å². The van der Waals surface area contributed by atoms with Crippen molar-refractivity contribution in [2.24, 2.45) is 5.92 Å². The van der Waals surface area contributed by atoms with Crippen molar-refractivity contribution in [1.29, 1.82) is 0 Å². The zero-order valence-electron chi connectivity index (χ0n) is 15.4. The van der Waals surface area contributed by atoms with Crippen LogP contribution < -0.4 is 15.4 Å². The van der Waals surface area contributed by atoms with Crippen molar-refractivity contribution < 1.29 is 14.3 Å². The lowest BCUT2D eigenvalue weighted by Crippen LogP contribution is -2.49. The van der Waals surface area contributed by atoms with Crippen LogP contribution in [0.25, 0.3) is 0 Å². The maximum Gasteiger partial charge on any atom is 0.251 e. The molecule has 1 aromatic heterocycles. The average molecular weight is 355 g/mol. The SMILES string of the molecule is CCOc1ccc(C(=O)NC(C(=O)NCc2ccncc2)C(C)C)cc1. The van der Waals surface area contributed by atoms with Crippen LogP contribution in [0.3, 0.4) is 0 Å². The van der Waals surface area contributed by atoms with Gasteiger partial charge in [0.2, 0.25) is 5.91 Å². The van der Waals surface area contributed by atoms with E-state index in [1.165, 1.54) is 0 Å². The Bertz CT molecular complexity index is 715. The molecule has 138 valence electrons. The van der Waals surface area contributed by atoms with Crippen LogP contribution in [-0.2, 0) is 11.3 Å². The summed E-state index contributed by atoms with van der Waals surface area (Å²) in [6, 6.07) is 9.92. The molecule has 2 N–H and O–H groups in total. The van der Waals surface area contributed by atoms with Gasteiger partial charge in [-0.15, -0.1) is 0 Å². The smallest absolute Gasteiger partial charge is 0.251 e. The number of pyridine rings is 1. The van der Waals surface area contributed by atoms with Gasteiger partial charge in [-0.05, 0) is 54.8 Å². The molecule has 2 aromatic rings. The number of carbonyl (C=O) groups excluding carboxylic acids is 2. The topological polar surface area (TPSA) is 80.3 Å². The van der Waals surface area contributed by atoms with E-state index >= 15 is 0 Å². The molecule has 26 heavy (non-hydrogen) atoms. The number of carbonyl (C=O) groups is 2. The van der Waals surface area contributed by atoms with Crippen molar-refractivity contribution in [2.75, 3.05) is 6.61 Å². The number of amides is 2. The molecule has 1 atom stereocenters. The Kier molecular flexibility index (Phi) is 7.14. The lowest BCUT2D eigenvalue weighted by molar-refractivity contribution is -0.124. The first-order valence-corrected chi connectivity index (χ1v) is 8.71. The number of hydrogen-bond donors (Lipinski definition) is 2. The van der Waals surface area contributed by atoms with E-state index < -0.39 is 6.04 Å². The summed E-state index contributed by atoms with van der Waals surface area (Å²) in [6.07, 6.45) is 3.35. The van der Waals surface area contributed by atoms with Gasteiger partial charge < -0.3 is 15.4 Å². The standard InChI is InChI=1S/C20H25N3O3/c1-4-26-17-7-5-16(6-8-17)19(24)23-18(14(2)3)20(25)22-13-15-9-11-21-12-10-15/h5-12,14,18H,4,13H2,1-3H3,(H,22,25)(H,23,24). The summed E-state index contributed by atoms with van der Waals surface area (Å²) in [4.78, 5) is 28.9. The van der Waals surface area contributed by atoms with Gasteiger partial charge in [-0.2, -0.15) is 0 Å². The molecule has 6 heteroatoms. The Morgan fingerprint density at radius 1 is 1.08 bits per heavy atom. The van der Waals surface area contributed by atoms with Crippen LogP contribution in [0.5, 0.6) is 5.75 Å². The summed E-state index contributed by atoms with van der Waals surface area (Å²) >= 11 is 0. The lowest BCUT2D eigenvalue weighted by atomic mass is 10.0. The first kappa shape index (κ1) is 19.4. The van der Waals surface area contributed by atoms with Crippen LogP contribution in [0.15, 0.2) is 48.8 Å². The van der Waals surface area contributed by atoms with E-state index in [1.54, 1.807) is 36.7 Å². The zero-order chi connectivity index (χ0) is 18.9. The third-order valence-corrected chi connectivity index (χ3v) is 3.88. The number of nitrogens with zero attached hydrogens (tertiary/aromatic N) is 1. The summed E-state index contributed by atoms with van der Waals surface area (Å²) in [5, 5.41) is 5.68. The molecule has 0 saturated carbocycles. The van der Waals surface area contributed by atoms with Crippen molar-refractivity contribution in [2.45, 2.75) is 33.4 Å². The third kappa shape index (κ3) is 5.58. The average Bonchev–Trinajstić information content (AvgIpc) is 2.65. The van der Waals surface area contributed by atoms with Crippen molar-refractivity contribution in [3.8, 4) is 5.75 Å². The monoisotopic (exact) mass is 355 g/mol. The van der Waals surface area contributed by atoms with E-state index in [9.17, 15) is 9.59 Å². The molecule has 1 unspecified atom stereocenters. The maximum atomic E-state index is 12.5. The van der Waals surface area contributed by atoms with Crippen LogP contribution in [0.1, 0.15) is 36.7 Å². The fourth-order valence-corrected chi connectivity index (χ4v) is 2.43. The Hall–Kier alpha value is -2.89. The van der Waals surface area contributed by atoms with Crippen LogP contribution in [0.2, 0.25) is 0 Å². The Balaban J connectivity index is 1.97. The van der Waals surface area contributed by atoms with Crippen molar-refractivity contribution in [3.63, 3.8) is 0 Å². The van der Waals surface area contributed by atoms with Gasteiger partial charge in [0.05, 0.1) is 6.61 Å². The second kappa shape index (κ2) is 9.56. The van der Waals surface area contributed by atoms with Gasteiger partial charge in [0.1, 0.15) is 11.8 Å². The summed E-state index contributed by atoms with van der Waals surface area (Å²) in [5.74, 6) is 0.167. The van der Waals surface area contributed by atoms with Crippen LogP contribution in [-0.4, -0.2) is 29.4 Å². The summed E-state index contributed by atoms with van der Waals surface area (Å²) in [6.45, 7) is 6.66. The maximum absolute atomic E-state index is 12.5. The molecule has 6 nitrogen and oxygen atoms in total. The molecular weight excluding hydrogens is 330 g/mol. The fraction of sp³-hybridized carbons (Fsp3) is 0.350. The highest BCUT2D eigenvalue weighted by atomic mass is 16.5. The highest BCUT2D eigenvalue weighted by Gasteiger charge is 2.24. The largest absolute Gasteiger partial charge is 0.494 e. The lowest BCUT2D eigenvalue weighted by Gasteiger charge is -2.22. The molecule has 1 heterocycles. The van der Waals surface area contributed by atoms with Crippen molar-refractivity contribution in [1.82, 2.24) is 15.6 Å². The summed E-state index contributed by atoms with van der Waals surface area (Å²) in [5.41, 5.74) is 1.44. The third-order valence-electron chi connectivity index (χ3n) is 3.88. The number of hydrogen-bond acceptors (Lipinski definition) is 4. The van der Waals surface area contributed by atoms with E-state index in [0.717, 1.165) is 5.56 Å². The van der Waals surface area contributed by atoms with Gasteiger partial charge in [-0.1, -0.05) is 13.8 Å². The number of ether oxygens (including phenoxy) is 1. The van der Waals surface area contributed by atoms with Gasteiger partial charge in [0.25, 0.3) is 5.91 Å². The molecule has 0 bridgehead atoms. The van der Waals surface area contributed by atoms with E-state index in [1.807, 2.05) is 32.9 Å². The molecule has 0 aliphatic carbocycles. The van der Waals surface area contributed by atoms with Gasteiger partial charge >= 0.3 is 0 Å². The van der Waals surface area contributed by atoms with Crippen LogP contribution >= 0.6 is 0 Å². The summed E-state index contributed by atoms with van der Waals surface area (Å²) in [7, 11) is 0. The van der Waals surface area contributed by atoms with Gasteiger partial charge in [-0.3, -0.25) is 14.6 Å².